The Morgan fingerprint density at radius 2 is 1.92 bits per heavy atom. The number of ketones is 1. The Bertz CT molecular complexity index is 1190. The number of ether oxygens (including phenoxy) is 2. The zero-order valence-electron chi connectivity index (χ0n) is 21.3. The third-order valence-electron chi connectivity index (χ3n) is 7.00. The van der Waals surface area contributed by atoms with Gasteiger partial charge in [0.2, 0.25) is 0 Å². The van der Waals surface area contributed by atoms with Gasteiger partial charge in [-0.2, -0.15) is 0 Å². The lowest BCUT2D eigenvalue weighted by Crippen LogP contribution is -2.33. The Hall–Kier alpha value is -3.52. The van der Waals surface area contributed by atoms with Gasteiger partial charge in [-0.3, -0.25) is 9.59 Å². The van der Waals surface area contributed by atoms with E-state index in [1.54, 1.807) is 24.3 Å². The van der Waals surface area contributed by atoms with Gasteiger partial charge in [0, 0.05) is 18.5 Å². The molecule has 2 atom stereocenters. The molecule has 8 heteroatoms. The molecule has 36 heavy (non-hydrogen) atoms. The van der Waals surface area contributed by atoms with Crippen molar-refractivity contribution in [2.24, 2.45) is 0 Å². The predicted molar refractivity (Wildman–Crippen MR) is 136 cm³/mol. The minimum Gasteiger partial charge on any atom is -0.507 e. The first kappa shape index (κ1) is 25.6. The summed E-state index contributed by atoms with van der Waals surface area (Å²) in [5.74, 6) is -0.657. The molecule has 1 amide bonds. The number of likely N-dealkylation sites (tertiary alicyclic amines) is 1. The summed E-state index contributed by atoms with van der Waals surface area (Å²) >= 11 is 0. The number of aliphatic hydroxyl groups is 1. The molecule has 1 fully saturated rings. The zero-order valence-corrected chi connectivity index (χ0v) is 21.3. The molecule has 2 aliphatic heterocycles. The average Bonchev–Trinajstić information content (AvgIpc) is 3.37. The maximum Gasteiger partial charge on any atom is 0.295 e. The van der Waals surface area contributed by atoms with Crippen LogP contribution >= 0.6 is 0 Å². The minimum atomic E-state index is -0.806. The molecule has 192 valence electrons. The Balaban J connectivity index is 1.77. The average molecular weight is 495 g/mol. The zero-order chi connectivity index (χ0) is 26.0. The van der Waals surface area contributed by atoms with E-state index in [4.69, 9.17) is 9.47 Å². The number of nitrogens with zero attached hydrogens (tertiary/aromatic N) is 2. The Labute approximate surface area is 211 Å². The van der Waals surface area contributed by atoms with Crippen LogP contribution in [0.4, 0.5) is 0 Å². The van der Waals surface area contributed by atoms with E-state index in [0.717, 1.165) is 30.9 Å². The molecule has 0 spiro atoms. The maximum absolute atomic E-state index is 13.3. The second-order valence-corrected chi connectivity index (χ2v) is 9.26. The number of Topliss-reactive ketones (excluding diaryl/α,β-unsaturated/α-hetero) is 1. The Kier molecular flexibility index (Phi) is 7.54. The lowest BCUT2D eigenvalue weighted by Gasteiger charge is -2.27. The van der Waals surface area contributed by atoms with Gasteiger partial charge in [0.15, 0.2) is 11.5 Å². The Morgan fingerprint density at radius 3 is 2.61 bits per heavy atom. The van der Waals surface area contributed by atoms with Crippen LogP contribution in [-0.2, 0) is 16.0 Å². The lowest BCUT2D eigenvalue weighted by molar-refractivity contribution is -0.140. The fraction of sp³-hybridized carbons (Fsp3) is 0.429. The third kappa shape index (κ3) is 4.78. The quantitative estimate of drug-likeness (QED) is 0.310. The summed E-state index contributed by atoms with van der Waals surface area (Å²) in [5, 5.41) is 21.5. The molecule has 0 radical (unpaired) electrons. The summed E-state index contributed by atoms with van der Waals surface area (Å²) in [6.07, 6.45) is 1.42. The SMILES string of the molecule is CCN(CC)CCCN1C(=O)C(=O)C(=C(O)c2ccc3c(c2)C[C@@H](C)O3)[C@@H]1c1ccc(O)c(OC)c1. The van der Waals surface area contributed by atoms with Crippen LogP contribution in [0.3, 0.4) is 0 Å². The van der Waals surface area contributed by atoms with Crippen LogP contribution < -0.4 is 9.47 Å². The number of rotatable bonds is 9. The molecule has 0 bridgehead atoms. The number of methoxy groups -OCH3 is 1. The van der Waals surface area contributed by atoms with Gasteiger partial charge < -0.3 is 29.5 Å². The first-order valence-electron chi connectivity index (χ1n) is 12.5. The predicted octanol–water partition coefficient (Wildman–Crippen LogP) is 3.88. The van der Waals surface area contributed by atoms with Crippen LogP contribution in [0.5, 0.6) is 17.2 Å². The van der Waals surface area contributed by atoms with Gasteiger partial charge in [-0.25, -0.2) is 0 Å². The molecule has 4 rings (SSSR count). The van der Waals surface area contributed by atoms with Gasteiger partial charge in [-0.1, -0.05) is 19.9 Å². The molecule has 0 aromatic heterocycles. The number of amides is 1. The number of phenols is 1. The summed E-state index contributed by atoms with van der Waals surface area (Å²) < 4.78 is 11.0. The van der Waals surface area contributed by atoms with Crippen LogP contribution in [0, 0.1) is 0 Å². The topological polar surface area (TPSA) is 99.5 Å². The van der Waals surface area contributed by atoms with Crippen LogP contribution in [0.25, 0.3) is 5.76 Å². The number of aromatic hydroxyl groups is 1. The van der Waals surface area contributed by atoms with Crippen molar-refractivity contribution in [1.82, 2.24) is 9.80 Å². The summed E-state index contributed by atoms with van der Waals surface area (Å²) in [5.41, 5.74) is 2.01. The molecular weight excluding hydrogens is 460 g/mol. The van der Waals surface area contributed by atoms with Gasteiger partial charge >= 0.3 is 0 Å². The molecule has 2 N–H and O–H groups in total. The molecule has 2 aromatic rings. The van der Waals surface area contributed by atoms with Crippen LogP contribution in [0.2, 0.25) is 0 Å². The highest BCUT2D eigenvalue weighted by Crippen LogP contribution is 2.42. The maximum atomic E-state index is 13.3. The Morgan fingerprint density at radius 1 is 1.17 bits per heavy atom. The first-order valence-corrected chi connectivity index (χ1v) is 12.5. The number of phenolic OH excluding ortho intramolecular Hbond substituents is 1. The highest BCUT2D eigenvalue weighted by Gasteiger charge is 2.46. The molecule has 2 aliphatic rings. The van der Waals surface area contributed by atoms with Crippen LogP contribution in [-0.4, -0.2) is 71.1 Å². The van der Waals surface area contributed by atoms with E-state index in [1.165, 1.54) is 18.1 Å². The molecular formula is C28H34N2O6. The van der Waals surface area contributed by atoms with Crippen molar-refractivity contribution < 1.29 is 29.3 Å². The molecule has 2 heterocycles. The number of hydrogen-bond donors (Lipinski definition) is 2. The van der Waals surface area contributed by atoms with Crippen LogP contribution in [0.15, 0.2) is 42.0 Å². The fourth-order valence-electron chi connectivity index (χ4n) is 5.05. The third-order valence-corrected chi connectivity index (χ3v) is 7.00. The van der Waals surface area contributed by atoms with Gasteiger partial charge in [-0.15, -0.1) is 0 Å². The van der Waals surface area contributed by atoms with E-state index in [2.05, 4.69) is 18.7 Å². The summed E-state index contributed by atoms with van der Waals surface area (Å²) in [6.45, 7) is 9.07. The number of hydrogen-bond acceptors (Lipinski definition) is 7. The molecule has 8 nitrogen and oxygen atoms in total. The van der Waals surface area contributed by atoms with Crippen molar-refractivity contribution in [2.75, 3.05) is 33.3 Å². The van der Waals surface area contributed by atoms with E-state index in [0.29, 0.717) is 30.5 Å². The second kappa shape index (κ2) is 10.6. The minimum absolute atomic E-state index is 0.0301. The van der Waals surface area contributed by atoms with Gasteiger partial charge in [0.05, 0.1) is 18.7 Å². The van der Waals surface area contributed by atoms with Gasteiger partial charge in [0.1, 0.15) is 17.6 Å². The van der Waals surface area contributed by atoms with Crippen molar-refractivity contribution in [3.05, 3.63) is 58.7 Å². The molecule has 1 saturated heterocycles. The molecule has 0 saturated carbocycles. The number of carbonyl (C=O) groups is 2. The standard InChI is InChI=1S/C28H34N2O6/c1-5-29(6-2)12-7-13-30-25(18-8-10-21(31)23(16-18)35-4)24(27(33)28(30)34)26(32)19-9-11-22-20(15-19)14-17(3)36-22/h8-11,15-17,25,31-32H,5-7,12-14H2,1-4H3/t17-,25+/m1/s1. The number of benzene rings is 2. The molecule has 0 unspecified atom stereocenters. The number of fused-ring (bicyclic) bond motifs is 1. The summed E-state index contributed by atoms with van der Waals surface area (Å²) in [4.78, 5) is 30.3. The molecule has 0 aliphatic carbocycles. The largest absolute Gasteiger partial charge is 0.507 e. The van der Waals surface area contributed by atoms with E-state index in [1.807, 2.05) is 13.0 Å². The highest BCUT2D eigenvalue weighted by molar-refractivity contribution is 6.46. The van der Waals surface area contributed by atoms with E-state index in [9.17, 15) is 19.8 Å². The van der Waals surface area contributed by atoms with Crippen LogP contribution in [0.1, 0.15) is 49.9 Å². The van der Waals surface area contributed by atoms with Crippen molar-refractivity contribution >= 4 is 17.4 Å². The van der Waals surface area contributed by atoms with Crippen molar-refractivity contribution in [3.8, 4) is 17.2 Å². The summed E-state index contributed by atoms with van der Waals surface area (Å²) in [7, 11) is 1.44. The molecule has 2 aromatic carbocycles. The summed E-state index contributed by atoms with van der Waals surface area (Å²) in [6, 6.07) is 9.22. The number of aliphatic hydroxyl groups excluding tert-OH is 1. The van der Waals surface area contributed by atoms with E-state index in [-0.39, 0.29) is 28.9 Å². The van der Waals surface area contributed by atoms with Gasteiger partial charge in [0.25, 0.3) is 11.7 Å². The van der Waals surface area contributed by atoms with Gasteiger partial charge in [-0.05, 0) is 74.4 Å². The monoisotopic (exact) mass is 494 g/mol. The highest BCUT2D eigenvalue weighted by atomic mass is 16.5. The fourth-order valence-corrected chi connectivity index (χ4v) is 5.05. The normalized spacial score (nSPS) is 20.6. The van der Waals surface area contributed by atoms with Crippen molar-refractivity contribution in [2.45, 2.75) is 45.8 Å². The smallest absolute Gasteiger partial charge is 0.295 e. The first-order chi connectivity index (χ1) is 17.3. The lowest BCUT2D eigenvalue weighted by atomic mass is 9.94. The van der Waals surface area contributed by atoms with Crippen molar-refractivity contribution in [3.63, 3.8) is 0 Å². The van der Waals surface area contributed by atoms with E-state index < -0.39 is 17.7 Å². The second-order valence-electron chi connectivity index (χ2n) is 9.26. The number of carbonyl (C=O) groups excluding carboxylic acids is 2. The van der Waals surface area contributed by atoms with E-state index >= 15 is 0 Å². The van der Waals surface area contributed by atoms with Crippen molar-refractivity contribution in [1.29, 1.82) is 0 Å².